The van der Waals surface area contributed by atoms with Crippen molar-refractivity contribution >= 4 is 34.2 Å². The maximum atomic E-state index is 11.1. The molecular weight excluding hydrogens is 312 g/mol. The second kappa shape index (κ2) is 5.38. The van der Waals surface area contributed by atoms with Crippen LogP contribution in [-0.4, -0.2) is 16.1 Å². The third-order valence-electron chi connectivity index (χ3n) is 5.36. The highest BCUT2D eigenvalue weighted by Gasteiger charge is 2.37. The summed E-state index contributed by atoms with van der Waals surface area (Å²) >= 11 is 6.08. The Morgan fingerprint density at radius 3 is 2.96 bits per heavy atom. The highest BCUT2D eigenvalue weighted by Crippen LogP contribution is 2.49. The summed E-state index contributed by atoms with van der Waals surface area (Å²) in [5.41, 5.74) is 10.4. The first kappa shape index (κ1) is 14.8. The first-order valence-electron chi connectivity index (χ1n) is 8.10. The van der Waals surface area contributed by atoms with Crippen molar-refractivity contribution in [1.82, 2.24) is 4.98 Å². The lowest BCUT2D eigenvalue weighted by atomic mass is 9.65. The van der Waals surface area contributed by atoms with Crippen LogP contribution in [0.15, 0.2) is 18.2 Å². The molecule has 1 heterocycles. The molecular formula is C18H19ClN2O2. The average Bonchev–Trinajstić information content (AvgIpc) is 2.45. The summed E-state index contributed by atoms with van der Waals surface area (Å²) in [5, 5.41) is 10.7. The van der Waals surface area contributed by atoms with Crippen LogP contribution < -0.4 is 5.73 Å². The molecule has 4 rings (SSSR count). The number of pyridine rings is 1. The van der Waals surface area contributed by atoms with E-state index in [0.717, 1.165) is 53.5 Å². The third kappa shape index (κ3) is 2.55. The van der Waals surface area contributed by atoms with Gasteiger partial charge in [0.25, 0.3) is 0 Å². The Morgan fingerprint density at radius 2 is 2.17 bits per heavy atom. The van der Waals surface area contributed by atoms with Gasteiger partial charge in [0.15, 0.2) is 0 Å². The van der Waals surface area contributed by atoms with Gasteiger partial charge in [0.1, 0.15) is 0 Å². The number of carbonyl (C=O) groups is 1. The predicted molar refractivity (Wildman–Crippen MR) is 90.7 cm³/mol. The van der Waals surface area contributed by atoms with E-state index in [9.17, 15) is 4.79 Å². The van der Waals surface area contributed by atoms with E-state index < -0.39 is 5.97 Å². The van der Waals surface area contributed by atoms with Gasteiger partial charge in [0.05, 0.1) is 5.52 Å². The topological polar surface area (TPSA) is 76.2 Å². The molecule has 0 amide bonds. The van der Waals surface area contributed by atoms with E-state index >= 15 is 0 Å². The minimum absolute atomic E-state index is 0.254. The molecule has 0 spiro atoms. The van der Waals surface area contributed by atoms with E-state index in [1.165, 1.54) is 0 Å². The lowest BCUT2D eigenvalue weighted by molar-refractivity contribution is -0.138. The van der Waals surface area contributed by atoms with Crippen LogP contribution in [0.5, 0.6) is 0 Å². The van der Waals surface area contributed by atoms with Crippen LogP contribution in [0.4, 0.5) is 5.69 Å². The fraction of sp³-hybridized carbons (Fsp3) is 0.444. The summed E-state index contributed by atoms with van der Waals surface area (Å²) in [5.74, 6) is 0.419. The molecule has 3 N–H and O–H groups in total. The van der Waals surface area contributed by atoms with Gasteiger partial charge in [-0.1, -0.05) is 11.6 Å². The van der Waals surface area contributed by atoms with E-state index in [4.69, 9.17) is 27.4 Å². The molecule has 1 fully saturated rings. The minimum atomic E-state index is -0.700. The van der Waals surface area contributed by atoms with Crippen LogP contribution in [0.3, 0.4) is 0 Å². The molecule has 2 aliphatic carbocycles. The number of fused-ring (bicyclic) bond motifs is 5. The molecule has 0 radical (unpaired) electrons. The van der Waals surface area contributed by atoms with E-state index in [1.807, 2.05) is 18.2 Å². The van der Waals surface area contributed by atoms with Crippen molar-refractivity contribution < 1.29 is 9.90 Å². The monoisotopic (exact) mass is 330 g/mol. The number of rotatable bonds is 2. The van der Waals surface area contributed by atoms with Crippen LogP contribution in [0, 0.1) is 11.8 Å². The summed E-state index contributed by atoms with van der Waals surface area (Å²) in [6.07, 6.45) is 4.15. The minimum Gasteiger partial charge on any atom is -0.481 e. The van der Waals surface area contributed by atoms with E-state index in [-0.39, 0.29) is 12.3 Å². The van der Waals surface area contributed by atoms with Crippen LogP contribution in [-0.2, 0) is 11.2 Å². The smallest absolute Gasteiger partial charge is 0.303 e. The zero-order chi connectivity index (χ0) is 16.1. The first-order valence-corrected chi connectivity index (χ1v) is 8.48. The number of aromatic nitrogens is 1. The van der Waals surface area contributed by atoms with Gasteiger partial charge in [-0.15, -0.1) is 0 Å². The summed E-state index contributed by atoms with van der Waals surface area (Å²) in [6.45, 7) is 0. The van der Waals surface area contributed by atoms with Gasteiger partial charge in [-0.2, -0.15) is 0 Å². The zero-order valence-electron chi connectivity index (χ0n) is 12.8. The van der Waals surface area contributed by atoms with Crippen LogP contribution in [0.25, 0.3) is 10.9 Å². The molecule has 5 heteroatoms. The highest BCUT2D eigenvalue weighted by molar-refractivity contribution is 6.31. The number of anilines is 1. The van der Waals surface area contributed by atoms with Gasteiger partial charge in [-0.25, -0.2) is 0 Å². The van der Waals surface area contributed by atoms with Crippen molar-refractivity contribution in [2.75, 3.05) is 5.73 Å². The van der Waals surface area contributed by atoms with Crippen LogP contribution in [0.1, 0.15) is 42.9 Å². The number of benzene rings is 1. The number of halogens is 1. The Hall–Kier alpha value is -1.81. The molecule has 2 aromatic rings. The lowest BCUT2D eigenvalue weighted by Gasteiger charge is -2.40. The van der Waals surface area contributed by atoms with Gasteiger partial charge < -0.3 is 10.8 Å². The molecule has 0 aliphatic heterocycles. The number of nitrogens with zero attached hydrogens (tertiary/aromatic N) is 1. The second-order valence-electron chi connectivity index (χ2n) is 6.99. The van der Waals surface area contributed by atoms with Gasteiger partial charge in [-0.05, 0) is 61.6 Å². The fourth-order valence-corrected chi connectivity index (χ4v) is 4.76. The normalized spacial score (nSPS) is 26.0. The number of aliphatic carboxylic acids is 1. The maximum absolute atomic E-state index is 11.1. The Bertz CT molecular complexity index is 805. The van der Waals surface area contributed by atoms with Crippen molar-refractivity contribution in [2.24, 2.45) is 11.8 Å². The van der Waals surface area contributed by atoms with Gasteiger partial charge in [0.2, 0.25) is 0 Å². The van der Waals surface area contributed by atoms with Crippen LogP contribution in [0.2, 0.25) is 5.02 Å². The molecule has 1 saturated carbocycles. The van der Waals surface area contributed by atoms with Crippen LogP contribution >= 0.6 is 11.6 Å². The Labute approximate surface area is 139 Å². The molecule has 1 aromatic heterocycles. The molecule has 2 aliphatic rings. The zero-order valence-corrected chi connectivity index (χ0v) is 13.5. The molecule has 3 atom stereocenters. The molecule has 4 nitrogen and oxygen atoms in total. The number of hydrogen-bond donors (Lipinski definition) is 2. The number of nitrogen functional groups attached to an aromatic ring is 1. The number of carboxylic acid groups (broad SMARTS) is 1. The highest BCUT2D eigenvalue weighted by atomic mass is 35.5. The van der Waals surface area contributed by atoms with E-state index in [1.54, 1.807) is 0 Å². The number of nitrogens with two attached hydrogens (primary N) is 1. The standard InChI is InChI=1S/C18H19ClN2O2/c19-12-1-2-13-14(8-12)21-15-6-9-3-10(7-16(22)23)5-11(4-9)17(15)18(13)20/h1-2,8-11H,3-7H2,(H2,20,21)(H,22,23). The van der Waals surface area contributed by atoms with Crippen molar-refractivity contribution in [3.05, 3.63) is 34.5 Å². The lowest BCUT2D eigenvalue weighted by Crippen LogP contribution is -2.30. The summed E-state index contributed by atoms with van der Waals surface area (Å²) in [7, 11) is 0. The second-order valence-corrected chi connectivity index (χ2v) is 7.42. The Balaban J connectivity index is 1.79. The Morgan fingerprint density at radius 1 is 1.35 bits per heavy atom. The molecule has 23 heavy (non-hydrogen) atoms. The number of hydrogen-bond acceptors (Lipinski definition) is 3. The molecule has 3 unspecified atom stereocenters. The van der Waals surface area contributed by atoms with Crippen molar-refractivity contribution in [2.45, 2.75) is 38.0 Å². The largest absolute Gasteiger partial charge is 0.481 e. The summed E-state index contributed by atoms with van der Waals surface area (Å²) in [6, 6.07) is 5.64. The van der Waals surface area contributed by atoms with E-state index in [2.05, 4.69) is 0 Å². The Kier molecular flexibility index (Phi) is 3.45. The molecule has 1 aromatic carbocycles. The predicted octanol–water partition coefficient (Wildman–Crippen LogP) is 4.00. The molecule has 2 bridgehead atoms. The van der Waals surface area contributed by atoms with Crippen molar-refractivity contribution in [1.29, 1.82) is 0 Å². The van der Waals surface area contributed by atoms with Gasteiger partial charge in [0, 0.05) is 33.8 Å². The third-order valence-corrected chi connectivity index (χ3v) is 5.60. The maximum Gasteiger partial charge on any atom is 0.303 e. The SMILES string of the molecule is Nc1c2c(nc3cc(Cl)ccc13)CC1CC(CC(=O)O)CC2C1. The van der Waals surface area contributed by atoms with Crippen molar-refractivity contribution in [3.8, 4) is 0 Å². The van der Waals surface area contributed by atoms with Crippen molar-refractivity contribution in [3.63, 3.8) is 0 Å². The average molecular weight is 331 g/mol. The van der Waals surface area contributed by atoms with Gasteiger partial charge >= 0.3 is 5.97 Å². The summed E-state index contributed by atoms with van der Waals surface area (Å²) in [4.78, 5) is 15.9. The fourth-order valence-electron chi connectivity index (χ4n) is 4.60. The first-order chi connectivity index (χ1) is 11.0. The summed E-state index contributed by atoms with van der Waals surface area (Å²) < 4.78 is 0. The molecule has 0 saturated heterocycles. The van der Waals surface area contributed by atoms with Gasteiger partial charge in [-0.3, -0.25) is 9.78 Å². The number of carboxylic acids is 1. The molecule has 120 valence electrons. The van der Waals surface area contributed by atoms with E-state index in [0.29, 0.717) is 16.9 Å². The quantitative estimate of drug-likeness (QED) is 0.872.